The molecule has 0 radical (unpaired) electrons. The Bertz CT molecular complexity index is 837. The number of nitrogen functional groups attached to an aromatic ring is 1. The van der Waals surface area contributed by atoms with Gasteiger partial charge in [0.2, 0.25) is 0 Å². The van der Waals surface area contributed by atoms with E-state index < -0.39 is 4.92 Å². The van der Waals surface area contributed by atoms with Crippen molar-refractivity contribution in [1.29, 1.82) is 0 Å². The first-order valence-electron chi connectivity index (χ1n) is 5.85. The number of rotatable bonds is 2. The number of nitrogens with one attached hydrogen (secondary N) is 1. The van der Waals surface area contributed by atoms with Gasteiger partial charge < -0.3 is 10.7 Å². The summed E-state index contributed by atoms with van der Waals surface area (Å²) in [6.45, 7) is 0. The molecule has 0 unspecified atom stereocenters. The average Bonchev–Trinajstić information content (AvgIpc) is 2.82. The van der Waals surface area contributed by atoms with Gasteiger partial charge in [-0.1, -0.05) is 23.2 Å². The van der Waals surface area contributed by atoms with E-state index in [0.717, 1.165) is 0 Å². The molecule has 1 aromatic heterocycles. The van der Waals surface area contributed by atoms with E-state index in [-0.39, 0.29) is 11.4 Å². The third kappa shape index (κ3) is 2.39. The zero-order chi connectivity index (χ0) is 15.1. The van der Waals surface area contributed by atoms with E-state index in [1.54, 1.807) is 18.2 Å². The van der Waals surface area contributed by atoms with Gasteiger partial charge in [-0.25, -0.2) is 4.98 Å². The van der Waals surface area contributed by atoms with Gasteiger partial charge in [-0.3, -0.25) is 10.1 Å². The van der Waals surface area contributed by atoms with Crippen molar-refractivity contribution >= 4 is 45.6 Å². The SMILES string of the molecule is Nc1ccc(-c2nc3cc(Cl)c(Cl)cc3[nH]2)cc1[N+](=O)[O-]. The van der Waals surface area contributed by atoms with E-state index in [9.17, 15) is 10.1 Å². The summed E-state index contributed by atoms with van der Waals surface area (Å²) in [5.41, 5.74) is 7.39. The Labute approximate surface area is 128 Å². The number of aromatic amines is 1. The molecule has 0 saturated heterocycles. The molecule has 3 rings (SSSR count). The molecule has 0 bridgehead atoms. The Morgan fingerprint density at radius 1 is 1.19 bits per heavy atom. The zero-order valence-corrected chi connectivity index (χ0v) is 11.9. The minimum atomic E-state index is -0.533. The van der Waals surface area contributed by atoms with Crippen LogP contribution in [-0.4, -0.2) is 14.9 Å². The number of imidazole rings is 1. The Morgan fingerprint density at radius 3 is 2.62 bits per heavy atom. The fourth-order valence-corrected chi connectivity index (χ4v) is 2.31. The molecule has 8 heteroatoms. The Kier molecular flexibility index (Phi) is 3.19. The second-order valence-corrected chi connectivity index (χ2v) is 5.21. The summed E-state index contributed by atoms with van der Waals surface area (Å²) < 4.78 is 0. The molecule has 0 saturated carbocycles. The maximum absolute atomic E-state index is 10.9. The molecule has 1 heterocycles. The van der Waals surface area contributed by atoms with Gasteiger partial charge in [-0.2, -0.15) is 0 Å². The molecule has 0 aliphatic rings. The smallest absolute Gasteiger partial charge is 0.292 e. The summed E-state index contributed by atoms with van der Waals surface area (Å²) in [6.07, 6.45) is 0. The maximum atomic E-state index is 10.9. The topological polar surface area (TPSA) is 97.8 Å². The van der Waals surface area contributed by atoms with Gasteiger partial charge >= 0.3 is 0 Å². The van der Waals surface area contributed by atoms with Crippen LogP contribution >= 0.6 is 23.2 Å². The average molecular weight is 323 g/mol. The molecule has 0 aliphatic heterocycles. The number of aromatic nitrogens is 2. The highest BCUT2D eigenvalue weighted by molar-refractivity contribution is 6.42. The highest BCUT2D eigenvalue weighted by Gasteiger charge is 2.15. The maximum Gasteiger partial charge on any atom is 0.292 e. The number of halogens is 2. The number of nitro benzene ring substituents is 1. The molecular weight excluding hydrogens is 315 g/mol. The van der Waals surface area contributed by atoms with Gasteiger partial charge in [0.25, 0.3) is 5.69 Å². The van der Waals surface area contributed by atoms with Crippen LogP contribution in [0.1, 0.15) is 0 Å². The summed E-state index contributed by atoms with van der Waals surface area (Å²) >= 11 is 11.9. The molecule has 0 fully saturated rings. The van der Waals surface area contributed by atoms with Gasteiger partial charge in [0, 0.05) is 11.6 Å². The van der Waals surface area contributed by atoms with Crippen molar-refractivity contribution in [3.05, 3.63) is 50.5 Å². The molecule has 0 aliphatic carbocycles. The van der Waals surface area contributed by atoms with Crippen LogP contribution in [0.2, 0.25) is 10.0 Å². The molecule has 6 nitrogen and oxygen atoms in total. The fraction of sp³-hybridized carbons (Fsp3) is 0. The number of hydrogen-bond donors (Lipinski definition) is 2. The Morgan fingerprint density at radius 2 is 1.90 bits per heavy atom. The lowest BCUT2D eigenvalue weighted by Crippen LogP contribution is -1.96. The summed E-state index contributed by atoms with van der Waals surface area (Å²) in [7, 11) is 0. The van der Waals surface area contributed by atoms with E-state index >= 15 is 0 Å². The van der Waals surface area contributed by atoms with Crippen LogP contribution in [0.3, 0.4) is 0 Å². The third-order valence-electron chi connectivity index (χ3n) is 3.02. The predicted octanol–water partition coefficient (Wildman–Crippen LogP) is 4.03. The summed E-state index contributed by atoms with van der Waals surface area (Å²) in [5.74, 6) is 0.478. The van der Waals surface area contributed by atoms with Gasteiger partial charge in [0.05, 0.1) is 26.0 Å². The molecule has 106 valence electrons. The number of nitrogens with zero attached hydrogens (tertiary/aromatic N) is 2. The van der Waals surface area contributed by atoms with Gasteiger partial charge in [-0.05, 0) is 24.3 Å². The van der Waals surface area contributed by atoms with Gasteiger partial charge in [-0.15, -0.1) is 0 Å². The van der Waals surface area contributed by atoms with Crippen LogP contribution in [0.4, 0.5) is 11.4 Å². The number of hydrogen-bond acceptors (Lipinski definition) is 4. The van der Waals surface area contributed by atoms with Crippen LogP contribution in [0.5, 0.6) is 0 Å². The van der Waals surface area contributed by atoms with Crippen molar-refractivity contribution in [3.8, 4) is 11.4 Å². The quantitative estimate of drug-likeness (QED) is 0.422. The van der Waals surface area contributed by atoms with Crippen LogP contribution in [0.15, 0.2) is 30.3 Å². The van der Waals surface area contributed by atoms with Crippen molar-refractivity contribution in [2.45, 2.75) is 0 Å². The van der Waals surface area contributed by atoms with Crippen LogP contribution < -0.4 is 5.73 Å². The lowest BCUT2D eigenvalue weighted by molar-refractivity contribution is -0.383. The first-order valence-corrected chi connectivity index (χ1v) is 6.60. The highest BCUT2D eigenvalue weighted by Crippen LogP contribution is 2.31. The second-order valence-electron chi connectivity index (χ2n) is 4.40. The minimum Gasteiger partial charge on any atom is -0.393 e. The van der Waals surface area contributed by atoms with Crippen LogP contribution in [0.25, 0.3) is 22.4 Å². The van der Waals surface area contributed by atoms with Crippen LogP contribution in [-0.2, 0) is 0 Å². The second kappa shape index (κ2) is 4.91. The standard InChI is InChI=1S/C13H8Cl2N4O2/c14-7-4-10-11(5-8(7)15)18-13(17-10)6-1-2-9(16)12(3-6)19(20)21/h1-5H,16H2,(H,17,18). The van der Waals surface area contributed by atoms with E-state index in [0.29, 0.717) is 32.5 Å². The summed E-state index contributed by atoms with van der Waals surface area (Å²) in [4.78, 5) is 17.8. The van der Waals surface area contributed by atoms with Crippen molar-refractivity contribution < 1.29 is 4.92 Å². The number of H-pyrrole nitrogens is 1. The van der Waals surface area contributed by atoms with Gasteiger partial charge in [0.15, 0.2) is 0 Å². The Balaban J connectivity index is 2.16. The number of nitrogens with two attached hydrogens (primary N) is 1. The molecule has 3 N–H and O–H groups in total. The molecule has 2 aromatic carbocycles. The monoisotopic (exact) mass is 322 g/mol. The number of fused-ring (bicyclic) bond motifs is 1. The lowest BCUT2D eigenvalue weighted by atomic mass is 10.1. The van der Waals surface area contributed by atoms with Crippen molar-refractivity contribution in [2.75, 3.05) is 5.73 Å². The fourth-order valence-electron chi connectivity index (χ4n) is 1.99. The Hall–Kier alpha value is -2.31. The van der Waals surface area contributed by atoms with E-state index in [4.69, 9.17) is 28.9 Å². The molecule has 21 heavy (non-hydrogen) atoms. The molecule has 0 spiro atoms. The first kappa shape index (κ1) is 13.7. The molecular formula is C13H8Cl2N4O2. The zero-order valence-electron chi connectivity index (χ0n) is 10.4. The number of anilines is 1. The predicted molar refractivity (Wildman–Crippen MR) is 82.6 cm³/mol. The number of nitro groups is 1. The third-order valence-corrected chi connectivity index (χ3v) is 3.75. The van der Waals surface area contributed by atoms with E-state index in [1.165, 1.54) is 12.1 Å². The first-order chi connectivity index (χ1) is 9.95. The molecule has 0 atom stereocenters. The van der Waals surface area contributed by atoms with Crippen molar-refractivity contribution in [2.24, 2.45) is 0 Å². The molecule has 0 amide bonds. The highest BCUT2D eigenvalue weighted by atomic mass is 35.5. The number of benzene rings is 2. The lowest BCUT2D eigenvalue weighted by Gasteiger charge is -1.99. The summed E-state index contributed by atoms with van der Waals surface area (Å²) in [6, 6.07) is 7.78. The summed E-state index contributed by atoms with van der Waals surface area (Å²) in [5, 5.41) is 11.7. The van der Waals surface area contributed by atoms with Crippen LogP contribution in [0, 0.1) is 10.1 Å². The largest absolute Gasteiger partial charge is 0.393 e. The normalized spacial score (nSPS) is 11.0. The molecule has 3 aromatic rings. The van der Waals surface area contributed by atoms with E-state index in [2.05, 4.69) is 9.97 Å². The minimum absolute atomic E-state index is 0.103. The van der Waals surface area contributed by atoms with E-state index in [1.807, 2.05) is 0 Å². The van der Waals surface area contributed by atoms with Crippen molar-refractivity contribution in [1.82, 2.24) is 9.97 Å². The van der Waals surface area contributed by atoms with Gasteiger partial charge in [0.1, 0.15) is 11.5 Å². The van der Waals surface area contributed by atoms with Crippen molar-refractivity contribution in [3.63, 3.8) is 0 Å².